The van der Waals surface area contributed by atoms with E-state index in [1.54, 1.807) is 36.4 Å². The summed E-state index contributed by atoms with van der Waals surface area (Å²) >= 11 is 5.97. The van der Waals surface area contributed by atoms with Gasteiger partial charge in [0.15, 0.2) is 0 Å². The minimum absolute atomic E-state index is 0.0680. The minimum atomic E-state index is -4.06. The van der Waals surface area contributed by atoms with Crippen LogP contribution in [0, 0.1) is 11.6 Å². The first-order valence-electron chi connectivity index (χ1n) is 8.68. The number of aromatic nitrogens is 2. The zero-order chi connectivity index (χ0) is 21.5. The highest BCUT2D eigenvalue weighted by Crippen LogP contribution is 2.32. The average molecular weight is 446 g/mol. The second-order valence-electron chi connectivity index (χ2n) is 6.47. The Kier molecular flexibility index (Phi) is 5.15. The van der Waals surface area contributed by atoms with Crippen LogP contribution in [0.1, 0.15) is 0 Å². The Bertz CT molecular complexity index is 1350. The van der Waals surface area contributed by atoms with Gasteiger partial charge in [-0.15, -0.1) is 0 Å². The van der Waals surface area contributed by atoms with Gasteiger partial charge in [-0.25, -0.2) is 27.0 Å². The Labute approximate surface area is 176 Å². The number of benzene rings is 3. The third-order valence-electron chi connectivity index (χ3n) is 4.46. The predicted molar refractivity (Wildman–Crippen MR) is 111 cm³/mol. The maximum Gasteiger partial charge on any atom is 0.240 e. The van der Waals surface area contributed by atoms with Crippen LogP contribution < -0.4 is 5.14 Å². The highest BCUT2D eigenvalue weighted by molar-refractivity contribution is 7.89. The molecule has 5 nitrogen and oxygen atoms in total. The van der Waals surface area contributed by atoms with Crippen molar-refractivity contribution in [1.29, 1.82) is 0 Å². The maximum atomic E-state index is 14.4. The van der Waals surface area contributed by atoms with Crippen LogP contribution in [0.4, 0.5) is 8.78 Å². The summed E-state index contributed by atoms with van der Waals surface area (Å²) in [6.45, 7) is 0. The van der Waals surface area contributed by atoms with Crippen LogP contribution in [0.5, 0.6) is 0 Å². The number of sulfonamides is 1. The molecule has 9 heteroatoms. The van der Waals surface area contributed by atoms with Crippen LogP contribution in [0.3, 0.4) is 0 Å². The van der Waals surface area contributed by atoms with E-state index >= 15 is 0 Å². The standard InChI is InChI=1S/C21H14ClF2N3O2S/c22-14-7-5-13(6-8-14)20-12-18(16-10-9-15(23)11-17(16)24)26-27(20)19-3-1-2-4-21(19)30(25,28)29/h1-12H,(H2,25,28,29). The summed E-state index contributed by atoms with van der Waals surface area (Å²) in [7, 11) is -4.06. The molecule has 0 aliphatic rings. The SMILES string of the molecule is NS(=O)(=O)c1ccccc1-n1nc(-c2ccc(F)cc2F)cc1-c1ccc(Cl)cc1. The number of nitrogens with zero attached hydrogens (tertiary/aromatic N) is 2. The zero-order valence-electron chi connectivity index (χ0n) is 15.3. The summed E-state index contributed by atoms with van der Waals surface area (Å²) in [6.07, 6.45) is 0. The second kappa shape index (κ2) is 7.64. The summed E-state index contributed by atoms with van der Waals surface area (Å²) in [5, 5.41) is 10.3. The molecule has 30 heavy (non-hydrogen) atoms. The van der Waals surface area contributed by atoms with E-state index in [1.807, 2.05) is 0 Å². The first kappa shape index (κ1) is 20.2. The van der Waals surface area contributed by atoms with Crippen molar-refractivity contribution in [2.45, 2.75) is 4.90 Å². The molecule has 152 valence electrons. The fraction of sp³-hybridized carbons (Fsp3) is 0. The van der Waals surface area contributed by atoms with Crippen LogP contribution in [0.25, 0.3) is 28.2 Å². The van der Waals surface area contributed by atoms with Crippen LogP contribution in [-0.4, -0.2) is 18.2 Å². The molecule has 0 saturated heterocycles. The van der Waals surface area contributed by atoms with E-state index in [4.69, 9.17) is 16.7 Å². The van der Waals surface area contributed by atoms with Gasteiger partial charge in [0, 0.05) is 22.2 Å². The fourth-order valence-electron chi connectivity index (χ4n) is 3.09. The Hall–Kier alpha value is -3.07. The van der Waals surface area contributed by atoms with Gasteiger partial charge in [0.1, 0.15) is 16.5 Å². The lowest BCUT2D eigenvalue weighted by Gasteiger charge is -2.11. The number of primary sulfonamides is 1. The van der Waals surface area contributed by atoms with Crippen LogP contribution in [0.2, 0.25) is 5.02 Å². The molecule has 0 unspecified atom stereocenters. The molecule has 1 heterocycles. The zero-order valence-corrected chi connectivity index (χ0v) is 16.8. The van der Waals surface area contributed by atoms with E-state index in [2.05, 4.69) is 5.10 Å². The van der Waals surface area contributed by atoms with Gasteiger partial charge in [-0.2, -0.15) is 5.10 Å². The van der Waals surface area contributed by atoms with Gasteiger partial charge in [-0.3, -0.25) is 0 Å². The molecule has 1 aromatic heterocycles. The quantitative estimate of drug-likeness (QED) is 0.490. The van der Waals surface area contributed by atoms with Crippen LogP contribution in [-0.2, 0) is 10.0 Å². The Morgan fingerprint density at radius 3 is 2.30 bits per heavy atom. The molecule has 0 saturated carbocycles. The Morgan fingerprint density at radius 1 is 0.933 bits per heavy atom. The molecule has 0 bridgehead atoms. The van der Waals surface area contributed by atoms with Crippen molar-refractivity contribution in [2.75, 3.05) is 0 Å². The Morgan fingerprint density at radius 2 is 1.63 bits per heavy atom. The number of hydrogen-bond acceptors (Lipinski definition) is 3. The first-order chi connectivity index (χ1) is 14.2. The van der Waals surface area contributed by atoms with E-state index in [9.17, 15) is 17.2 Å². The molecule has 0 aliphatic carbocycles. The topological polar surface area (TPSA) is 78.0 Å². The summed E-state index contributed by atoms with van der Waals surface area (Å²) in [6, 6.07) is 17.6. The average Bonchev–Trinajstić information content (AvgIpc) is 3.13. The highest BCUT2D eigenvalue weighted by atomic mass is 35.5. The largest absolute Gasteiger partial charge is 0.240 e. The van der Waals surface area contributed by atoms with Crippen molar-refractivity contribution >= 4 is 21.6 Å². The number of nitrogens with two attached hydrogens (primary N) is 1. The van der Waals surface area contributed by atoms with Crippen LogP contribution >= 0.6 is 11.6 Å². The van der Waals surface area contributed by atoms with Crippen LogP contribution in [0.15, 0.2) is 77.7 Å². The monoisotopic (exact) mass is 445 g/mol. The smallest absolute Gasteiger partial charge is 0.231 e. The van der Waals surface area contributed by atoms with Gasteiger partial charge in [-0.1, -0.05) is 35.9 Å². The molecular formula is C21H14ClF2N3O2S. The van der Waals surface area contributed by atoms with Crippen molar-refractivity contribution in [3.05, 3.63) is 89.5 Å². The summed E-state index contributed by atoms with van der Waals surface area (Å²) in [5.74, 6) is -1.50. The molecule has 0 atom stereocenters. The molecule has 3 aromatic carbocycles. The lowest BCUT2D eigenvalue weighted by molar-refractivity contribution is 0.585. The molecule has 2 N–H and O–H groups in total. The normalized spacial score (nSPS) is 11.6. The lowest BCUT2D eigenvalue weighted by atomic mass is 10.1. The van der Waals surface area contributed by atoms with Gasteiger partial charge >= 0.3 is 0 Å². The molecule has 0 aliphatic heterocycles. The maximum absolute atomic E-state index is 14.4. The van der Waals surface area contributed by atoms with E-state index in [1.165, 1.54) is 28.9 Å². The van der Waals surface area contributed by atoms with Gasteiger partial charge in [0.25, 0.3) is 0 Å². The Balaban J connectivity index is 2.00. The molecule has 0 fully saturated rings. The highest BCUT2D eigenvalue weighted by Gasteiger charge is 2.21. The number of rotatable bonds is 4. The fourth-order valence-corrected chi connectivity index (χ4v) is 3.93. The first-order valence-corrected chi connectivity index (χ1v) is 10.6. The molecular weight excluding hydrogens is 432 g/mol. The molecule has 0 spiro atoms. The third-order valence-corrected chi connectivity index (χ3v) is 5.67. The second-order valence-corrected chi connectivity index (χ2v) is 8.44. The summed E-state index contributed by atoms with van der Waals surface area (Å²) in [5.41, 5.74) is 1.59. The van der Waals surface area contributed by atoms with Gasteiger partial charge < -0.3 is 0 Å². The van der Waals surface area contributed by atoms with Gasteiger partial charge in [-0.05, 0) is 42.5 Å². The van der Waals surface area contributed by atoms with Crippen molar-refractivity contribution in [1.82, 2.24) is 9.78 Å². The molecule has 4 aromatic rings. The number of halogens is 3. The molecule has 0 radical (unpaired) electrons. The van der Waals surface area contributed by atoms with Crippen molar-refractivity contribution in [3.8, 4) is 28.2 Å². The van der Waals surface area contributed by atoms with Crippen molar-refractivity contribution in [2.24, 2.45) is 5.14 Å². The minimum Gasteiger partial charge on any atom is -0.231 e. The predicted octanol–water partition coefficient (Wildman–Crippen LogP) is 4.79. The van der Waals surface area contributed by atoms with E-state index in [0.29, 0.717) is 16.3 Å². The van der Waals surface area contributed by atoms with E-state index in [-0.39, 0.29) is 21.8 Å². The number of para-hydroxylation sites is 1. The van der Waals surface area contributed by atoms with E-state index in [0.717, 1.165) is 12.1 Å². The van der Waals surface area contributed by atoms with Gasteiger partial charge in [0.2, 0.25) is 10.0 Å². The summed E-state index contributed by atoms with van der Waals surface area (Å²) in [4.78, 5) is -0.144. The van der Waals surface area contributed by atoms with Crippen molar-refractivity contribution < 1.29 is 17.2 Å². The van der Waals surface area contributed by atoms with Gasteiger partial charge in [0.05, 0.1) is 17.1 Å². The molecule has 0 amide bonds. The molecule has 4 rings (SSSR count). The number of hydrogen-bond donors (Lipinski definition) is 1. The van der Waals surface area contributed by atoms with Crippen molar-refractivity contribution in [3.63, 3.8) is 0 Å². The van der Waals surface area contributed by atoms with E-state index < -0.39 is 21.7 Å². The summed E-state index contributed by atoms with van der Waals surface area (Å²) < 4.78 is 53.3. The third kappa shape index (κ3) is 3.85. The lowest BCUT2D eigenvalue weighted by Crippen LogP contribution is -2.16.